The van der Waals surface area contributed by atoms with Crippen LogP contribution in [-0.4, -0.2) is 47.3 Å². The second-order valence-corrected chi connectivity index (χ2v) is 5.47. The Balaban J connectivity index is 2.16. The average Bonchev–Trinajstić information content (AvgIpc) is 2.37. The number of morpholine rings is 1. The first kappa shape index (κ1) is 15.6. The molecule has 0 bridgehead atoms. The van der Waals surface area contributed by atoms with E-state index in [-0.39, 0.29) is 34.5 Å². The second-order valence-electron chi connectivity index (χ2n) is 5.06. The van der Waals surface area contributed by atoms with Gasteiger partial charge in [-0.2, -0.15) is 0 Å². The highest BCUT2D eigenvalue weighted by Gasteiger charge is 2.27. The third kappa shape index (κ3) is 3.65. The number of carbonyl (C=O) groups is 2. The molecule has 1 fully saturated rings. The number of carbonyl (C=O) groups excluding carboxylic acids is 1. The molecular formula is C14H17ClN2O4. The Morgan fingerprint density at radius 3 is 2.52 bits per heavy atom. The molecular weight excluding hydrogens is 296 g/mol. The Hall–Kier alpha value is -1.79. The lowest BCUT2D eigenvalue weighted by Gasteiger charge is -2.35. The quantitative estimate of drug-likeness (QED) is 0.880. The van der Waals surface area contributed by atoms with Gasteiger partial charge in [0, 0.05) is 13.1 Å². The van der Waals surface area contributed by atoms with Crippen molar-refractivity contribution in [1.29, 1.82) is 0 Å². The van der Waals surface area contributed by atoms with E-state index in [2.05, 4.69) is 5.32 Å². The number of nitrogens with zero attached hydrogens (tertiary/aromatic N) is 1. The monoisotopic (exact) mass is 312 g/mol. The van der Waals surface area contributed by atoms with Gasteiger partial charge in [0.2, 0.25) is 0 Å². The van der Waals surface area contributed by atoms with Gasteiger partial charge < -0.3 is 20.1 Å². The van der Waals surface area contributed by atoms with Crippen LogP contribution in [0, 0.1) is 0 Å². The van der Waals surface area contributed by atoms with Crippen molar-refractivity contribution in [3.05, 3.63) is 28.8 Å². The summed E-state index contributed by atoms with van der Waals surface area (Å²) in [6.07, 6.45) is -0.115. The molecule has 2 rings (SSSR count). The number of hydrogen-bond acceptors (Lipinski definition) is 3. The van der Waals surface area contributed by atoms with Gasteiger partial charge in [-0.1, -0.05) is 17.7 Å². The maximum atomic E-state index is 12.3. The van der Waals surface area contributed by atoms with E-state index in [1.54, 1.807) is 11.0 Å². The highest BCUT2D eigenvalue weighted by Crippen LogP contribution is 2.25. The van der Waals surface area contributed by atoms with Crippen molar-refractivity contribution in [3.8, 4) is 0 Å². The van der Waals surface area contributed by atoms with Crippen molar-refractivity contribution >= 4 is 29.3 Å². The van der Waals surface area contributed by atoms with Crippen LogP contribution < -0.4 is 5.32 Å². The number of amides is 2. The van der Waals surface area contributed by atoms with Crippen molar-refractivity contribution < 1.29 is 19.4 Å². The van der Waals surface area contributed by atoms with E-state index in [0.717, 1.165) is 0 Å². The third-order valence-electron chi connectivity index (χ3n) is 3.18. The summed E-state index contributed by atoms with van der Waals surface area (Å²) in [5, 5.41) is 11.9. The number of nitrogens with one attached hydrogen (secondary N) is 1. The summed E-state index contributed by atoms with van der Waals surface area (Å²) < 4.78 is 5.56. The predicted octanol–water partition coefficient (Wildman–Crippen LogP) is 2.68. The van der Waals surface area contributed by atoms with Gasteiger partial charge in [-0.15, -0.1) is 0 Å². The molecule has 1 saturated heterocycles. The largest absolute Gasteiger partial charge is 0.478 e. The van der Waals surface area contributed by atoms with Gasteiger partial charge in [-0.05, 0) is 26.0 Å². The van der Waals surface area contributed by atoms with E-state index in [9.17, 15) is 14.7 Å². The first-order chi connectivity index (χ1) is 9.88. The lowest BCUT2D eigenvalue weighted by molar-refractivity contribution is -0.0530. The summed E-state index contributed by atoms with van der Waals surface area (Å²) in [6, 6.07) is 4.22. The molecule has 7 heteroatoms. The molecule has 1 heterocycles. The van der Waals surface area contributed by atoms with Crippen LogP contribution in [0.3, 0.4) is 0 Å². The number of aromatic carboxylic acids is 1. The number of hydrogen-bond donors (Lipinski definition) is 2. The Kier molecular flexibility index (Phi) is 4.69. The van der Waals surface area contributed by atoms with Gasteiger partial charge in [-0.25, -0.2) is 9.59 Å². The Bertz CT molecular complexity index is 554. The standard InChI is InChI=1S/C14H17ClN2O4/c1-8-6-17(7-9(2)21-8)14(20)16-11-5-3-4-10(15)12(11)13(18)19/h3-5,8-9H,6-7H2,1-2H3,(H,16,20)(H,18,19)/t8-,9+. The maximum Gasteiger partial charge on any atom is 0.339 e. The van der Waals surface area contributed by atoms with Crippen LogP contribution in [0.15, 0.2) is 18.2 Å². The van der Waals surface area contributed by atoms with E-state index < -0.39 is 5.97 Å². The van der Waals surface area contributed by atoms with Crippen LogP contribution in [0.1, 0.15) is 24.2 Å². The summed E-state index contributed by atoms with van der Waals surface area (Å²) in [4.78, 5) is 25.1. The first-order valence-corrected chi connectivity index (χ1v) is 6.99. The molecule has 0 spiro atoms. The summed E-state index contributed by atoms with van der Waals surface area (Å²) >= 11 is 5.87. The number of benzene rings is 1. The van der Waals surface area contributed by atoms with Gasteiger partial charge in [-0.3, -0.25) is 0 Å². The molecule has 1 aliphatic rings. The van der Waals surface area contributed by atoms with E-state index in [0.29, 0.717) is 13.1 Å². The lowest BCUT2D eigenvalue weighted by atomic mass is 10.1. The van der Waals surface area contributed by atoms with Crippen LogP contribution in [0.5, 0.6) is 0 Å². The molecule has 21 heavy (non-hydrogen) atoms. The second kappa shape index (κ2) is 6.32. The summed E-state index contributed by atoms with van der Waals surface area (Å²) in [5.41, 5.74) is 0.0775. The number of ether oxygens (including phenoxy) is 1. The van der Waals surface area contributed by atoms with Crippen LogP contribution >= 0.6 is 11.6 Å². The number of carboxylic acid groups (broad SMARTS) is 1. The van der Waals surface area contributed by atoms with E-state index in [1.807, 2.05) is 13.8 Å². The van der Waals surface area contributed by atoms with E-state index in [1.165, 1.54) is 12.1 Å². The first-order valence-electron chi connectivity index (χ1n) is 6.61. The van der Waals surface area contributed by atoms with Gasteiger partial charge >= 0.3 is 12.0 Å². The molecule has 2 N–H and O–H groups in total. The van der Waals surface area contributed by atoms with Gasteiger partial charge in [0.1, 0.15) is 5.56 Å². The number of anilines is 1. The molecule has 2 atom stereocenters. The van der Waals surface area contributed by atoms with Crippen molar-refractivity contribution in [2.45, 2.75) is 26.1 Å². The number of urea groups is 1. The molecule has 1 aromatic carbocycles. The molecule has 2 amide bonds. The van der Waals surface area contributed by atoms with Gasteiger partial charge in [0.25, 0.3) is 0 Å². The fourth-order valence-corrected chi connectivity index (χ4v) is 2.64. The molecule has 0 aliphatic carbocycles. The molecule has 114 valence electrons. The van der Waals surface area contributed by atoms with Crippen LogP contribution in [0.4, 0.5) is 10.5 Å². The topological polar surface area (TPSA) is 78.9 Å². The molecule has 6 nitrogen and oxygen atoms in total. The SMILES string of the molecule is C[C@@H]1CN(C(=O)Nc2cccc(Cl)c2C(=O)O)C[C@H](C)O1. The van der Waals surface area contributed by atoms with Crippen LogP contribution in [0.2, 0.25) is 5.02 Å². The highest BCUT2D eigenvalue weighted by atomic mass is 35.5. The summed E-state index contributed by atoms with van der Waals surface area (Å²) in [7, 11) is 0. The molecule has 1 aliphatic heterocycles. The minimum Gasteiger partial charge on any atom is -0.478 e. The fraction of sp³-hybridized carbons (Fsp3) is 0.429. The zero-order valence-corrected chi connectivity index (χ0v) is 12.6. The van der Waals surface area contributed by atoms with Crippen molar-refractivity contribution in [3.63, 3.8) is 0 Å². The third-order valence-corrected chi connectivity index (χ3v) is 3.49. The van der Waals surface area contributed by atoms with Gasteiger partial charge in [0.15, 0.2) is 0 Å². The number of rotatable bonds is 2. The van der Waals surface area contributed by atoms with Crippen LogP contribution in [-0.2, 0) is 4.74 Å². The summed E-state index contributed by atoms with van der Waals surface area (Å²) in [5.74, 6) is -1.18. The minimum atomic E-state index is -1.18. The Morgan fingerprint density at radius 2 is 1.95 bits per heavy atom. The number of halogens is 1. The average molecular weight is 313 g/mol. The van der Waals surface area contributed by atoms with Crippen molar-refractivity contribution in [2.24, 2.45) is 0 Å². The Labute approximate surface area is 127 Å². The summed E-state index contributed by atoms with van der Waals surface area (Å²) in [6.45, 7) is 4.69. The fourth-order valence-electron chi connectivity index (χ4n) is 2.38. The maximum absolute atomic E-state index is 12.3. The Morgan fingerprint density at radius 1 is 1.33 bits per heavy atom. The molecule has 0 saturated carbocycles. The highest BCUT2D eigenvalue weighted by molar-refractivity contribution is 6.34. The van der Waals surface area contributed by atoms with Crippen LogP contribution in [0.25, 0.3) is 0 Å². The predicted molar refractivity (Wildman–Crippen MR) is 79.0 cm³/mol. The molecule has 0 radical (unpaired) electrons. The van der Waals surface area contributed by atoms with E-state index >= 15 is 0 Å². The minimum absolute atomic E-state index is 0.0576. The lowest BCUT2D eigenvalue weighted by Crippen LogP contribution is -2.49. The van der Waals surface area contributed by atoms with E-state index in [4.69, 9.17) is 16.3 Å². The van der Waals surface area contributed by atoms with Crippen molar-refractivity contribution in [2.75, 3.05) is 18.4 Å². The molecule has 1 aromatic rings. The zero-order chi connectivity index (χ0) is 15.6. The zero-order valence-electron chi connectivity index (χ0n) is 11.8. The van der Waals surface area contributed by atoms with Crippen molar-refractivity contribution in [1.82, 2.24) is 4.90 Å². The molecule has 0 aromatic heterocycles. The smallest absolute Gasteiger partial charge is 0.339 e. The molecule has 0 unspecified atom stereocenters. The number of carboxylic acids is 1. The normalized spacial score (nSPS) is 22.0. The van der Waals surface area contributed by atoms with Gasteiger partial charge in [0.05, 0.1) is 22.9 Å².